The zero-order valence-electron chi connectivity index (χ0n) is 16.5. The molecule has 0 radical (unpaired) electrons. The Morgan fingerprint density at radius 1 is 1.27 bits per heavy atom. The van der Waals surface area contributed by atoms with Gasteiger partial charge in [0.15, 0.2) is 5.13 Å². The van der Waals surface area contributed by atoms with Gasteiger partial charge >= 0.3 is 0 Å². The predicted octanol–water partition coefficient (Wildman–Crippen LogP) is 4.56. The van der Waals surface area contributed by atoms with Crippen LogP contribution < -0.4 is 4.90 Å². The van der Waals surface area contributed by atoms with Gasteiger partial charge in [-0.25, -0.2) is 9.37 Å². The number of rotatable bonds is 6. The van der Waals surface area contributed by atoms with Crippen LogP contribution in [0.5, 0.6) is 0 Å². The molecule has 0 saturated carbocycles. The van der Waals surface area contributed by atoms with Crippen LogP contribution in [0.3, 0.4) is 0 Å². The molecular weight excluding hydrogens is 445 g/mol. The van der Waals surface area contributed by atoms with E-state index < -0.39 is 5.82 Å². The van der Waals surface area contributed by atoms with Gasteiger partial charge in [0.2, 0.25) is 0 Å². The van der Waals surface area contributed by atoms with Crippen molar-refractivity contribution in [2.75, 3.05) is 50.5 Å². The molecule has 0 aliphatic carbocycles. The smallest absolute Gasteiger partial charge is 0.260 e. The quantitative estimate of drug-likeness (QED) is 0.497. The number of hydrogen-bond acceptors (Lipinski definition) is 6. The van der Waals surface area contributed by atoms with Crippen LogP contribution in [-0.2, 0) is 4.74 Å². The molecule has 4 rings (SSSR count). The molecule has 1 aliphatic heterocycles. The van der Waals surface area contributed by atoms with E-state index >= 15 is 0 Å². The molecule has 0 N–H and O–H groups in total. The molecule has 3 aromatic rings. The number of hydrogen-bond donors (Lipinski definition) is 0. The Morgan fingerprint density at radius 3 is 2.77 bits per heavy atom. The van der Waals surface area contributed by atoms with Crippen LogP contribution in [-0.4, -0.2) is 61.4 Å². The van der Waals surface area contributed by atoms with Crippen molar-refractivity contribution >= 4 is 56.8 Å². The summed E-state index contributed by atoms with van der Waals surface area (Å²) in [7, 11) is 0. The molecule has 1 fully saturated rings. The zero-order valence-corrected chi connectivity index (χ0v) is 19.0. The first-order valence-corrected chi connectivity index (χ1v) is 11.5. The van der Waals surface area contributed by atoms with Crippen molar-refractivity contribution in [1.82, 2.24) is 9.88 Å². The second-order valence-electron chi connectivity index (χ2n) is 6.72. The highest BCUT2D eigenvalue weighted by atomic mass is 35.5. The van der Waals surface area contributed by atoms with Gasteiger partial charge in [-0.1, -0.05) is 23.5 Å². The number of carbonyl (C=O) groups excluding carboxylic acids is 1. The number of amides is 1. The van der Waals surface area contributed by atoms with Crippen molar-refractivity contribution in [3.8, 4) is 0 Å². The minimum absolute atomic E-state index is 0. The summed E-state index contributed by atoms with van der Waals surface area (Å²) in [6, 6.07) is 11.9. The molecule has 1 aromatic heterocycles. The van der Waals surface area contributed by atoms with Gasteiger partial charge in [-0.05, 0) is 36.6 Å². The monoisotopic (exact) mass is 467 g/mol. The number of anilines is 1. The lowest BCUT2D eigenvalue weighted by molar-refractivity contribution is 0.0391. The Hall–Kier alpha value is -1.71. The predicted molar refractivity (Wildman–Crippen MR) is 124 cm³/mol. The molecule has 2 heterocycles. The second-order valence-corrected chi connectivity index (χ2v) is 8.58. The maximum atomic E-state index is 13.7. The number of thiazole rings is 1. The van der Waals surface area contributed by atoms with Gasteiger partial charge in [0.1, 0.15) is 5.82 Å². The van der Waals surface area contributed by atoms with E-state index in [0.717, 1.165) is 34.7 Å². The van der Waals surface area contributed by atoms with Crippen LogP contribution in [0.1, 0.15) is 10.4 Å². The molecule has 160 valence electrons. The Balaban J connectivity index is 0.00000256. The van der Waals surface area contributed by atoms with Crippen LogP contribution >= 0.6 is 35.5 Å². The van der Waals surface area contributed by atoms with Crippen molar-refractivity contribution in [2.45, 2.75) is 4.90 Å². The highest BCUT2D eigenvalue weighted by molar-refractivity contribution is 7.98. The van der Waals surface area contributed by atoms with Crippen LogP contribution in [0.2, 0.25) is 0 Å². The second kappa shape index (κ2) is 10.5. The number of fused-ring (bicyclic) bond motifs is 1. The van der Waals surface area contributed by atoms with Crippen LogP contribution in [0.15, 0.2) is 47.4 Å². The van der Waals surface area contributed by atoms with Crippen molar-refractivity contribution < 1.29 is 13.9 Å². The summed E-state index contributed by atoms with van der Waals surface area (Å²) in [4.78, 5) is 23.1. The SMILES string of the molecule is CSc1cccc2sc(N(CCN3CCOCC3)C(=O)c3cccc(F)c3)nc12.Cl. The summed E-state index contributed by atoms with van der Waals surface area (Å²) >= 11 is 3.13. The number of thioether (sulfide) groups is 1. The number of benzene rings is 2. The molecule has 0 unspecified atom stereocenters. The van der Waals surface area contributed by atoms with Gasteiger partial charge < -0.3 is 4.74 Å². The van der Waals surface area contributed by atoms with E-state index in [1.807, 2.05) is 24.5 Å². The fraction of sp³-hybridized carbons (Fsp3) is 0.333. The largest absolute Gasteiger partial charge is 0.379 e. The summed E-state index contributed by atoms with van der Waals surface area (Å²) in [6.45, 7) is 4.31. The van der Waals surface area contributed by atoms with Crippen molar-refractivity contribution in [3.05, 3.63) is 53.8 Å². The highest BCUT2D eigenvalue weighted by Gasteiger charge is 2.23. The Kier molecular flexibility index (Phi) is 8.07. The molecule has 2 aromatic carbocycles. The van der Waals surface area contributed by atoms with Crippen molar-refractivity contribution in [2.24, 2.45) is 0 Å². The van der Waals surface area contributed by atoms with E-state index in [1.165, 1.54) is 23.5 Å². The minimum atomic E-state index is -0.419. The van der Waals surface area contributed by atoms with Crippen LogP contribution in [0.4, 0.5) is 9.52 Å². The van der Waals surface area contributed by atoms with Gasteiger partial charge in [0.25, 0.3) is 5.91 Å². The topological polar surface area (TPSA) is 45.7 Å². The minimum Gasteiger partial charge on any atom is -0.379 e. The van der Waals surface area contributed by atoms with Gasteiger partial charge in [-0.2, -0.15) is 0 Å². The number of nitrogens with zero attached hydrogens (tertiary/aromatic N) is 3. The maximum absolute atomic E-state index is 13.7. The maximum Gasteiger partial charge on any atom is 0.260 e. The van der Waals surface area contributed by atoms with Gasteiger partial charge in [0, 0.05) is 36.6 Å². The third kappa shape index (κ3) is 5.12. The lowest BCUT2D eigenvalue weighted by Crippen LogP contribution is -2.43. The average Bonchev–Trinajstić information content (AvgIpc) is 3.18. The lowest BCUT2D eigenvalue weighted by atomic mass is 10.2. The fourth-order valence-corrected chi connectivity index (χ4v) is 4.96. The third-order valence-electron chi connectivity index (χ3n) is 4.88. The summed E-state index contributed by atoms with van der Waals surface area (Å²) < 4.78 is 20.2. The Bertz CT molecular complexity index is 1010. The first-order chi connectivity index (χ1) is 14.2. The van der Waals surface area contributed by atoms with E-state index in [-0.39, 0.29) is 18.3 Å². The molecular formula is C21H23ClFN3O2S2. The normalized spacial score (nSPS) is 14.5. The molecule has 1 amide bonds. The molecule has 0 atom stereocenters. The van der Waals surface area contributed by atoms with E-state index in [2.05, 4.69) is 4.90 Å². The molecule has 30 heavy (non-hydrogen) atoms. The number of aromatic nitrogens is 1. The first kappa shape index (κ1) is 23.0. The van der Waals surface area contributed by atoms with E-state index in [9.17, 15) is 9.18 Å². The van der Waals surface area contributed by atoms with E-state index in [0.29, 0.717) is 30.5 Å². The van der Waals surface area contributed by atoms with E-state index in [1.54, 1.807) is 28.8 Å². The van der Waals surface area contributed by atoms with Gasteiger partial charge in [-0.15, -0.1) is 24.2 Å². The van der Waals surface area contributed by atoms with Gasteiger partial charge in [0.05, 0.1) is 23.4 Å². The first-order valence-electron chi connectivity index (χ1n) is 9.47. The standard InChI is InChI=1S/C21H22FN3O2S2.ClH/c1-28-17-6-3-7-18-19(17)23-21(29-18)25(9-8-24-10-12-27-13-11-24)20(26)15-4-2-5-16(22)14-15;/h2-7,14H,8-13H2,1H3;1H. The van der Waals surface area contributed by atoms with Crippen LogP contribution in [0.25, 0.3) is 10.2 Å². The number of para-hydroxylation sites is 1. The van der Waals surface area contributed by atoms with Gasteiger partial charge in [-0.3, -0.25) is 14.6 Å². The Morgan fingerprint density at radius 2 is 2.03 bits per heavy atom. The number of halogens is 2. The number of ether oxygens (including phenoxy) is 1. The molecule has 0 spiro atoms. The zero-order chi connectivity index (χ0) is 20.2. The molecule has 1 saturated heterocycles. The van der Waals surface area contributed by atoms with Crippen molar-refractivity contribution in [1.29, 1.82) is 0 Å². The summed E-state index contributed by atoms with van der Waals surface area (Å²) in [5.74, 6) is -0.652. The highest BCUT2D eigenvalue weighted by Crippen LogP contribution is 2.34. The van der Waals surface area contributed by atoms with E-state index in [4.69, 9.17) is 9.72 Å². The van der Waals surface area contributed by atoms with Crippen LogP contribution in [0, 0.1) is 5.82 Å². The number of morpholine rings is 1. The average molecular weight is 468 g/mol. The third-order valence-corrected chi connectivity index (χ3v) is 6.69. The summed E-state index contributed by atoms with van der Waals surface area (Å²) in [5, 5.41) is 0.643. The lowest BCUT2D eigenvalue weighted by Gasteiger charge is -2.29. The molecule has 9 heteroatoms. The van der Waals surface area contributed by atoms with Crippen molar-refractivity contribution in [3.63, 3.8) is 0 Å². The summed E-state index contributed by atoms with van der Waals surface area (Å²) in [6.07, 6.45) is 2.02. The molecule has 1 aliphatic rings. The fourth-order valence-electron chi connectivity index (χ4n) is 3.32. The number of carbonyl (C=O) groups is 1. The summed E-state index contributed by atoms with van der Waals surface area (Å²) in [5.41, 5.74) is 1.24. The Labute approximate surface area is 189 Å². The molecule has 5 nitrogen and oxygen atoms in total. The molecule has 0 bridgehead atoms.